The van der Waals surface area contributed by atoms with Crippen LogP contribution in [0.25, 0.3) is 16.6 Å². The van der Waals surface area contributed by atoms with Gasteiger partial charge in [-0.1, -0.05) is 6.07 Å². The third-order valence-electron chi connectivity index (χ3n) is 5.29. The van der Waals surface area contributed by atoms with Crippen LogP contribution in [0.3, 0.4) is 0 Å². The van der Waals surface area contributed by atoms with Gasteiger partial charge in [-0.3, -0.25) is 14.5 Å². The molecule has 4 N–H and O–H groups in total. The zero-order chi connectivity index (χ0) is 18.6. The van der Waals surface area contributed by atoms with Crippen molar-refractivity contribution in [3.63, 3.8) is 0 Å². The molecule has 3 heterocycles. The first-order chi connectivity index (χ1) is 12.5. The number of nitrogens with two attached hydrogens (primary N) is 2. The van der Waals surface area contributed by atoms with Gasteiger partial charge in [-0.05, 0) is 44.4 Å². The molecule has 0 saturated heterocycles. The summed E-state index contributed by atoms with van der Waals surface area (Å²) in [6, 6.07) is 4.02. The van der Waals surface area contributed by atoms with E-state index in [1.807, 2.05) is 36.7 Å². The number of nitrogens with zero attached hydrogens (tertiary/aromatic N) is 3. The number of aromatic nitrogens is 2. The van der Waals surface area contributed by atoms with Crippen LogP contribution in [0.2, 0.25) is 0 Å². The lowest BCUT2D eigenvalue weighted by Gasteiger charge is -2.17. The van der Waals surface area contributed by atoms with Crippen molar-refractivity contribution in [2.45, 2.75) is 27.2 Å². The summed E-state index contributed by atoms with van der Waals surface area (Å²) in [6.45, 7) is 6.78. The van der Waals surface area contributed by atoms with Gasteiger partial charge < -0.3 is 16.2 Å². The summed E-state index contributed by atoms with van der Waals surface area (Å²) in [5.41, 5.74) is 20.0. The molecular formula is C20H23N5O. The summed E-state index contributed by atoms with van der Waals surface area (Å²) in [5, 5.41) is 1.07. The van der Waals surface area contributed by atoms with Crippen LogP contribution in [-0.4, -0.2) is 29.0 Å². The van der Waals surface area contributed by atoms with Crippen molar-refractivity contribution >= 4 is 22.6 Å². The van der Waals surface area contributed by atoms with Crippen LogP contribution in [0.15, 0.2) is 23.3 Å². The molecule has 4 rings (SSSR count). The molecule has 2 aromatic heterocycles. The summed E-state index contributed by atoms with van der Waals surface area (Å²) in [6.07, 6.45) is 2.69. The van der Waals surface area contributed by atoms with E-state index in [2.05, 4.69) is 16.9 Å². The molecule has 0 aliphatic carbocycles. The Balaban J connectivity index is 2.19. The van der Waals surface area contributed by atoms with Crippen molar-refractivity contribution in [3.05, 3.63) is 46.3 Å². The van der Waals surface area contributed by atoms with Gasteiger partial charge in [0.1, 0.15) is 17.4 Å². The minimum Gasteiger partial charge on any atom is -0.496 e. The highest BCUT2D eigenvalue weighted by molar-refractivity contribution is 6.15. The minimum absolute atomic E-state index is 0.494. The monoisotopic (exact) mass is 349 g/mol. The van der Waals surface area contributed by atoms with Crippen LogP contribution >= 0.6 is 0 Å². The molecule has 1 aromatic carbocycles. The van der Waals surface area contributed by atoms with Crippen LogP contribution in [0, 0.1) is 20.8 Å². The Labute approximate surface area is 152 Å². The molecule has 0 unspecified atom stereocenters. The van der Waals surface area contributed by atoms with Crippen LogP contribution in [0.5, 0.6) is 5.75 Å². The maximum atomic E-state index is 6.63. The second kappa shape index (κ2) is 5.76. The molecule has 1 aliphatic rings. The van der Waals surface area contributed by atoms with Crippen LogP contribution in [0.4, 0.5) is 5.82 Å². The number of nitrogen functional groups attached to an aromatic ring is 1. The Morgan fingerprint density at radius 2 is 1.92 bits per heavy atom. The van der Waals surface area contributed by atoms with E-state index < -0.39 is 0 Å². The highest BCUT2D eigenvalue weighted by Gasteiger charge is 2.26. The zero-order valence-corrected chi connectivity index (χ0v) is 15.6. The molecule has 134 valence electrons. The molecule has 0 saturated carbocycles. The lowest BCUT2D eigenvalue weighted by atomic mass is 10.0. The maximum Gasteiger partial charge on any atom is 0.130 e. The van der Waals surface area contributed by atoms with Crippen LogP contribution < -0.4 is 16.2 Å². The molecule has 26 heavy (non-hydrogen) atoms. The van der Waals surface area contributed by atoms with E-state index in [0.717, 1.165) is 51.1 Å². The molecule has 0 spiro atoms. The molecule has 0 fully saturated rings. The van der Waals surface area contributed by atoms with Crippen molar-refractivity contribution in [2.24, 2.45) is 10.7 Å². The smallest absolute Gasteiger partial charge is 0.130 e. The molecule has 6 heteroatoms. The summed E-state index contributed by atoms with van der Waals surface area (Å²) in [7, 11) is 1.68. The largest absolute Gasteiger partial charge is 0.496 e. The average molecular weight is 349 g/mol. The predicted octanol–water partition coefficient (Wildman–Crippen LogP) is 2.80. The molecule has 6 nitrogen and oxygen atoms in total. The number of rotatable bonds is 2. The van der Waals surface area contributed by atoms with Gasteiger partial charge in [0, 0.05) is 23.2 Å². The van der Waals surface area contributed by atoms with Crippen molar-refractivity contribution < 1.29 is 4.74 Å². The Hall–Kier alpha value is -3.02. The first-order valence-corrected chi connectivity index (χ1v) is 8.69. The Kier molecular flexibility index (Phi) is 3.64. The van der Waals surface area contributed by atoms with Gasteiger partial charge in [-0.15, -0.1) is 0 Å². The molecule has 1 aliphatic heterocycles. The van der Waals surface area contributed by atoms with Gasteiger partial charge in [-0.25, -0.2) is 0 Å². The Morgan fingerprint density at radius 1 is 1.15 bits per heavy atom. The summed E-state index contributed by atoms with van der Waals surface area (Å²) in [4.78, 5) is 9.12. The standard InChI is InChI=1S/C20H23N5O/c1-10-5-6-15(26-4)11(2)18(10)25-14-9-24-12(3)13-7-8-23-19(21)17(16(13)14)20(25)22/h5-6,9H,7-8,22H2,1-4H3,(H2,21,23). The third kappa shape index (κ3) is 2.11. The number of aryl methyl sites for hydroxylation is 2. The van der Waals surface area contributed by atoms with Gasteiger partial charge in [0.15, 0.2) is 0 Å². The molecule has 3 aromatic rings. The van der Waals surface area contributed by atoms with Gasteiger partial charge in [0.05, 0.1) is 30.1 Å². The average Bonchev–Trinajstić information content (AvgIpc) is 2.77. The van der Waals surface area contributed by atoms with Crippen molar-refractivity contribution in [2.75, 3.05) is 19.4 Å². The van der Waals surface area contributed by atoms with Gasteiger partial charge in [-0.2, -0.15) is 0 Å². The number of anilines is 1. The molecular weight excluding hydrogens is 326 g/mol. The van der Waals surface area contributed by atoms with Crippen molar-refractivity contribution in [3.8, 4) is 11.4 Å². The van der Waals surface area contributed by atoms with Crippen molar-refractivity contribution in [1.29, 1.82) is 0 Å². The van der Waals surface area contributed by atoms with E-state index in [1.165, 1.54) is 5.56 Å². The SMILES string of the molecule is COc1ccc(C)c(-n2c(N)c3c4c(c(C)ncc42)CCN=C3N)c1C. The number of hydrogen-bond acceptors (Lipinski definition) is 5. The normalized spacial score (nSPS) is 13.6. The Bertz CT molecular complexity index is 1080. The number of amidine groups is 1. The van der Waals surface area contributed by atoms with Crippen LogP contribution in [-0.2, 0) is 6.42 Å². The number of methoxy groups -OCH3 is 1. The van der Waals surface area contributed by atoms with E-state index in [9.17, 15) is 0 Å². The maximum absolute atomic E-state index is 6.63. The van der Waals surface area contributed by atoms with Gasteiger partial charge >= 0.3 is 0 Å². The Morgan fingerprint density at radius 3 is 2.65 bits per heavy atom. The van der Waals surface area contributed by atoms with E-state index in [4.69, 9.17) is 16.2 Å². The van der Waals surface area contributed by atoms with E-state index in [0.29, 0.717) is 18.2 Å². The lowest BCUT2D eigenvalue weighted by Crippen LogP contribution is -2.16. The zero-order valence-electron chi connectivity index (χ0n) is 15.6. The second-order valence-corrected chi connectivity index (χ2v) is 6.75. The number of aliphatic imine (C=N–C) groups is 1. The minimum atomic E-state index is 0.494. The fourth-order valence-corrected chi connectivity index (χ4v) is 4.01. The number of benzene rings is 1. The summed E-state index contributed by atoms with van der Waals surface area (Å²) >= 11 is 0. The predicted molar refractivity (Wildman–Crippen MR) is 106 cm³/mol. The second-order valence-electron chi connectivity index (χ2n) is 6.75. The van der Waals surface area contributed by atoms with E-state index in [1.54, 1.807) is 7.11 Å². The third-order valence-corrected chi connectivity index (χ3v) is 5.29. The lowest BCUT2D eigenvalue weighted by molar-refractivity contribution is 0.411. The summed E-state index contributed by atoms with van der Waals surface area (Å²) in [5.74, 6) is 1.91. The first kappa shape index (κ1) is 16.4. The highest BCUT2D eigenvalue weighted by atomic mass is 16.5. The van der Waals surface area contributed by atoms with Crippen molar-refractivity contribution in [1.82, 2.24) is 9.55 Å². The quantitative estimate of drug-likeness (QED) is 0.744. The molecule has 0 atom stereocenters. The summed E-state index contributed by atoms with van der Waals surface area (Å²) < 4.78 is 7.57. The topological polar surface area (TPSA) is 91.5 Å². The number of hydrogen-bond donors (Lipinski definition) is 2. The van der Waals surface area contributed by atoms with Crippen LogP contribution in [0.1, 0.15) is 27.9 Å². The molecule has 0 amide bonds. The highest BCUT2D eigenvalue weighted by Crippen LogP contribution is 2.39. The number of pyridine rings is 1. The first-order valence-electron chi connectivity index (χ1n) is 8.69. The van der Waals surface area contributed by atoms with E-state index in [-0.39, 0.29) is 0 Å². The van der Waals surface area contributed by atoms with Gasteiger partial charge in [0.25, 0.3) is 0 Å². The van der Waals surface area contributed by atoms with Gasteiger partial charge in [0.2, 0.25) is 0 Å². The van der Waals surface area contributed by atoms with E-state index >= 15 is 0 Å². The molecule has 0 radical (unpaired) electrons. The number of ether oxygens (including phenoxy) is 1. The fraction of sp³-hybridized carbons (Fsp3) is 0.300. The molecule has 0 bridgehead atoms. The fourth-order valence-electron chi connectivity index (χ4n) is 4.01.